The van der Waals surface area contributed by atoms with Crippen molar-refractivity contribution in [3.8, 4) is 0 Å². The Bertz CT molecular complexity index is 1060. The molecule has 3 aliphatic rings. The minimum absolute atomic E-state index is 0.180. The van der Waals surface area contributed by atoms with Crippen molar-refractivity contribution in [2.45, 2.75) is 89.1 Å². The first-order valence-electron chi connectivity index (χ1n) is 15.4. The van der Waals surface area contributed by atoms with Crippen molar-refractivity contribution in [3.63, 3.8) is 0 Å². The fourth-order valence-corrected chi connectivity index (χ4v) is 7.29. The Kier molecular flexibility index (Phi) is 15.5. The zero-order valence-corrected chi connectivity index (χ0v) is 26.9. The molecule has 3 rings (SSSR count). The molecular weight excluding hydrogens is 576 g/mol. The van der Waals surface area contributed by atoms with Crippen LogP contribution < -0.4 is 0 Å². The third kappa shape index (κ3) is 12.7. The highest BCUT2D eigenvalue weighted by Gasteiger charge is 2.25. The maximum atomic E-state index is 12.9. The molecule has 0 aliphatic heterocycles. The molecule has 42 heavy (non-hydrogen) atoms. The predicted octanol–water partition coefficient (Wildman–Crippen LogP) is 6.03. The molecule has 0 aromatic heterocycles. The second kappa shape index (κ2) is 18.5. The number of ketones is 1. The van der Waals surface area contributed by atoms with Crippen LogP contribution in [0.15, 0.2) is 47.6 Å². The van der Waals surface area contributed by atoms with E-state index in [9.17, 15) is 13.2 Å². The molecule has 0 spiro atoms. The lowest BCUT2D eigenvalue weighted by molar-refractivity contribution is -0.432. The molecule has 0 unspecified atom stereocenters. The highest BCUT2D eigenvalue weighted by Crippen LogP contribution is 2.31. The second-order valence-corrected chi connectivity index (χ2v) is 14.4. The largest absolute Gasteiger partial charge is 0.303 e. The third-order valence-electron chi connectivity index (χ3n) is 9.07. The van der Waals surface area contributed by atoms with E-state index in [4.69, 9.17) is 9.81 Å². The molecule has 11 heteroatoms. The van der Waals surface area contributed by atoms with Crippen molar-refractivity contribution >= 4 is 27.9 Å². The highest BCUT2D eigenvalue weighted by atomic mass is 32.2. The van der Waals surface area contributed by atoms with Crippen LogP contribution in [-0.2, 0) is 24.3 Å². The van der Waals surface area contributed by atoms with E-state index in [1.54, 1.807) is 0 Å². The first-order valence-corrected chi connectivity index (χ1v) is 17.9. The Balaban J connectivity index is 1.34. The number of hydrogen-bond donors (Lipinski definition) is 2. The van der Waals surface area contributed by atoms with Gasteiger partial charge in [-0.1, -0.05) is 41.5 Å². The minimum Gasteiger partial charge on any atom is -0.303 e. The van der Waals surface area contributed by atoms with Crippen molar-refractivity contribution in [3.05, 3.63) is 47.6 Å². The first-order chi connectivity index (χ1) is 20.2. The summed E-state index contributed by atoms with van der Waals surface area (Å²) < 4.78 is 35.2. The summed E-state index contributed by atoms with van der Waals surface area (Å²) in [7, 11) is 0.324. The van der Waals surface area contributed by atoms with Crippen LogP contribution in [0.3, 0.4) is 0 Å². The van der Waals surface area contributed by atoms with Crippen LogP contribution in [0, 0.1) is 11.8 Å². The molecule has 0 heterocycles. The molecule has 238 valence electrons. The van der Waals surface area contributed by atoms with E-state index in [0.29, 0.717) is 36.9 Å². The summed E-state index contributed by atoms with van der Waals surface area (Å²) in [5.74, 6) is 1.85. The Labute approximate surface area is 256 Å². The number of Topliss-reactive ketones (excluding diaryl/α,β-unsaturated/α-hetero) is 1. The van der Waals surface area contributed by atoms with Gasteiger partial charge in [0, 0.05) is 41.0 Å². The monoisotopic (exact) mass is 626 g/mol. The Morgan fingerprint density at radius 2 is 1.31 bits per heavy atom. The summed E-state index contributed by atoms with van der Waals surface area (Å²) in [6.45, 7) is 1.67. The van der Waals surface area contributed by atoms with Crippen LogP contribution in [0.4, 0.5) is 0 Å². The van der Waals surface area contributed by atoms with Gasteiger partial charge in [0.15, 0.2) is 5.78 Å². The number of hydrogen-bond acceptors (Lipinski definition) is 9. The van der Waals surface area contributed by atoms with E-state index in [-0.39, 0.29) is 11.5 Å². The quantitative estimate of drug-likeness (QED) is 0.0525. The Morgan fingerprint density at radius 3 is 1.76 bits per heavy atom. The van der Waals surface area contributed by atoms with Gasteiger partial charge in [-0.05, 0) is 116 Å². The molecule has 0 amide bonds. The molecular formula is C31H50N2O7S2. The van der Waals surface area contributed by atoms with Gasteiger partial charge in [-0.25, -0.2) is 5.26 Å². The van der Waals surface area contributed by atoms with Gasteiger partial charge in [-0.15, -0.1) is 4.33 Å². The molecule has 0 aromatic carbocycles. The van der Waals surface area contributed by atoms with Crippen LogP contribution in [0.1, 0.15) is 77.0 Å². The lowest BCUT2D eigenvalue weighted by atomic mass is 9.85. The smallest absolute Gasteiger partial charge is 0.264 e. The summed E-state index contributed by atoms with van der Waals surface area (Å²) in [4.78, 5) is 17.5. The summed E-state index contributed by atoms with van der Waals surface area (Å²) >= 11 is 1.11. The zero-order chi connectivity index (χ0) is 30.4. The number of rotatable bonds is 16. The average Bonchev–Trinajstić information content (AvgIpc) is 3.31. The van der Waals surface area contributed by atoms with Crippen molar-refractivity contribution in [2.24, 2.45) is 11.8 Å². The molecule has 9 nitrogen and oxygen atoms in total. The summed E-state index contributed by atoms with van der Waals surface area (Å²) in [5, 5.41) is 11.8. The van der Waals surface area contributed by atoms with Crippen LogP contribution in [0.25, 0.3) is 0 Å². The van der Waals surface area contributed by atoms with Gasteiger partial charge in [-0.3, -0.25) is 9.35 Å². The summed E-state index contributed by atoms with van der Waals surface area (Å²) in [6.07, 6.45) is 24.8. The fraction of sp³-hybridized carbons (Fsp3) is 0.710. The van der Waals surface area contributed by atoms with Gasteiger partial charge >= 0.3 is 0 Å². The molecule has 0 bridgehead atoms. The predicted molar refractivity (Wildman–Crippen MR) is 168 cm³/mol. The van der Waals surface area contributed by atoms with Gasteiger partial charge in [0.25, 0.3) is 10.1 Å². The van der Waals surface area contributed by atoms with Gasteiger partial charge in [0.05, 0.1) is 5.75 Å². The van der Waals surface area contributed by atoms with Crippen molar-refractivity contribution in [1.82, 2.24) is 9.80 Å². The number of carbonyl (C=O) groups excluding carboxylic acids is 1. The van der Waals surface area contributed by atoms with Crippen LogP contribution in [0.2, 0.25) is 0 Å². The molecule has 0 atom stereocenters. The van der Waals surface area contributed by atoms with Crippen LogP contribution in [0.5, 0.6) is 0 Å². The van der Waals surface area contributed by atoms with E-state index in [1.165, 1.54) is 25.7 Å². The summed E-state index contributed by atoms with van der Waals surface area (Å²) in [6, 6.07) is 1.06. The topological polar surface area (TPSA) is 117 Å². The third-order valence-corrected chi connectivity index (χ3v) is 10.5. The molecule has 2 N–H and O–H groups in total. The highest BCUT2D eigenvalue weighted by molar-refractivity contribution is 7.94. The lowest BCUT2D eigenvalue weighted by Gasteiger charge is -2.33. The van der Waals surface area contributed by atoms with Crippen LogP contribution >= 0.6 is 12.0 Å². The molecule has 3 saturated carbocycles. The molecule has 3 fully saturated rings. The molecule has 0 saturated heterocycles. The lowest BCUT2D eigenvalue weighted by Crippen LogP contribution is -2.36. The Hall–Kier alpha value is -1.31. The maximum absolute atomic E-state index is 12.9. The van der Waals surface area contributed by atoms with E-state index in [2.05, 4.69) is 50.5 Å². The van der Waals surface area contributed by atoms with Crippen LogP contribution in [-0.4, -0.2) is 84.6 Å². The van der Waals surface area contributed by atoms with Crippen molar-refractivity contribution in [2.75, 3.05) is 38.7 Å². The maximum Gasteiger partial charge on any atom is 0.264 e. The van der Waals surface area contributed by atoms with Gasteiger partial charge < -0.3 is 9.80 Å². The van der Waals surface area contributed by atoms with E-state index >= 15 is 0 Å². The molecule has 0 radical (unpaired) electrons. The number of allylic oxidation sites excluding steroid dienone is 8. The van der Waals surface area contributed by atoms with Gasteiger partial charge in [0.1, 0.15) is 0 Å². The first kappa shape index (κ1) is 35.2. The van der Waals surface area contributed by atoms with E-state index < -0.39 is 10.1 Å². The number of nitrogens with zero attached hydrogens (tertiary/aromatic N) is 2. The second-order valence-electron chi connectivity index (χ2n) is 12.0. The number of carbonyl (C=O) groups is 1. The molecule has 0 aromatic rings. The van der Waals surface area contributed by atoms with Gasteiger partial charge in [-0.2, -0.15) is 8.42 Å². The van der Waals surface area contributed by atoms with E-state index in [1.807, 2.05) is 19.2 Å². The van der Waals surface area contributed by atoms with Crippen molar-refractivity contribution in [1.29, 1.82) is 0 Å². The normalized spacial score (nSPS) is 28.0. The van der Waals surface area contributed by atoms with E-state index in [0.717, 1.165) is 80.4 Å². The molecule has 3 aliphatic carbocycles. The zero-order valence-electron chi connectivity index (χ0n) is 25.2. The standard InChI is InChI=1S/C31H50N2O7S2/c1-32(21-5-23-41-40-39-35)29-17-11-25(12-18-29)7-3-9-27-15-16-28(31(27)34)10-4-8-26-13-19-30(20-14-26)33(2)22-6-24-42(36,37)38/h3-4,7-10,25-26,29-30,35H,5-6,11-24H2,1-2H3,(H,36,37,38). The minimum atomic E-state index is -3.89. The summed E-state index contributed by atoms with van der Waals surface area (Å²) in [5.41, 5.74) is 1.81. The average molecular weight is 627 g/mol. The fourth-order valence-electron chi connectivity index (χ4n) is 6.44. The van der Waals surface area contributed by atoms with Gasteiger partial charge in [0.2, 0.25) is 0 Å². The van der Waals surface area contributed by atoms with Crippen molar-refractivity contribution < 1.29 is 32.4 Å². The Morgan fingerprint density at radius 1 is 0.833 bits per heavy atom. The SMILES string of the molecule is CN(CCCSOOO)C1CCC(C=CC=C2CCC(=CC=CC3CCC(N(C)CCCS(=O)(=O)O)CC3)C2=O)CC1.